The minimum Gasteiger partial charge on any atom is -0.494 e. The molecule has 0 aliphatic heterocycles. The molecule has 4 aromatic rings. The highest BCUT2D eigenvalue weighted by atomic mass is 32.1. The molecule has 0 saturated carbocycles. The first-order valence-electron chi connectivity index (χ1n) is 8.65. The van der Waals surface area contributed by atoms with E-state index in [2.05, 4.69) is 5.10 Å². The van der Waals surface area contributed by atoms with Crippen molar-refractivity contribution >= 4 is 27.5 Å². The number of rotatable bonds is 5. The van der Waals surface area contributed by atoms with E-state index >= 15 is 0 Å². The Balaban J connectivity index is 1.61. The normalized spacial score (nSPS) is 10.9. The molecule has 27 heavy (non-hydrogen) atoms. The average Bonchev–Trinajstić information content (AvgIpc) is 3.25. The second kappa shape index (κ2) is 7.25. The summed E-state index contributed by atoms with van der Waals surface area (Å²) in [4.78, 5) is 14.1. The van der Waals surface area contributed by atoms with Crippen LogP contribution < -0.4 is 9.47 Å². The molecule has 136 valence electrons. The highest BCUT2D eigenvalue weighted by Gasteiger charge is 2.18. The summed E-state index contributed by atoms with van der Waals surface area (Å²) in [6.07, 6.45) is 0. The number of carbonyl (C=O) groups is 1. The van der Waals surface area contributed by atoms with E-state index in [1.807, 2.05) is 54.9 Å². The molecule has 0 aliphatic rings. The highest BCUT2D eigenvalue weighted by molar-refractivity contribution is 7.20. The molecule has 0 unspecified atom stereocenters. The molecule has 4 rings (SSSR count). The van der Waals surface area contributed by atoms with Crippen LogP contribution in [0.1, 0.15) is 22.3 Å². The Bertz CT molecular complexity index is 1080. The van der Waals surface area contributed by atoms with Gasteiger partial charge in [-0.2, -0.15) is 5.10 Å². The molecule has 0 N–H and O–H groups in total. The summed E-state index contributed by atoms with van der Waals surface area (Å²) in [6, 6.07) is 18.7. The number of esters is 1. The van der Waals surface area contributed by atoms with Crippen molar-refractivity contribution in [1.82, 2.24) is 9.78 Å². The van der Waals surface area contributed by atoms with E-state index in [9.17, 15) is 4.79 Å². The molecular formula is C21H18N2O3S. The summed E-state index contributed by atoms with van der Waals surface area (Å²) >= 11 is 1.38. The number of hydrogen-bond acceptors (Lipinski definition) is 5. The van der Waals surface area contributed by atoms with Crippen molar-refractivity contribution in [3.63, 3.8) is 0 Å². The van der Waals surface area contributed by atoms with Gasteiger partial charge in [-0.15, -0.1) is 11.3 Å². The van der Waals surface area contributed by atoms with E-state index in [1.54, 1.807) is 24.3 Å². The fourth-order valence-electron chi connectivity index (χ4n) is 2.82. The average molecular weight is 378 g/mol. The third kappa shape index (κ3) is 3.44. The number of para-hydroxylation sites is 1. The van der Waals surface area contributed by atoms with Crippen molar-refractivity contribution < 1.29 is 14.3 Å². The van der Waals surface area contributed by atoms with Gasteiger partial charge in [-0.25, -0.2) is 9.48 Å². The molecule has 0 aliphatic carbocycles. The Kier molecular flexibility index (Phi) is 4.64. The van der Waals surface area contributed by atoms with Crippen molar-refractivity contribution in [2.45, 2.75) is 13.8 Å². The van der Waals surface area contributed by atoms with Gasteiger partial charge in [0.15, 0.2) is 0 Å². The highest BCUT2D eigenvalue weighted by Crippen LogP contribution is 2.31. The summed E-state index contributed by atoms with van der Waals surface area (Å²) in [7, 11) is 0. The molecule has 2 aromatic heterocycles. The van der Waals surface area contributed by atoms with Crippen molar-refractivity contribution in [3.8, 4) is 17.2 Å². The summed E-state index contributed by atoms with van der Waals surface area (Å²) in [6.45, 7) is 4.46. The van der Waals surface area contributed by atoms with E-state index in [1.165, 1.54) is 11.3 Å². The van der Waals surface area contributed by atoms with Crippen molar-refractivity contribution in [1.29, 1.82) is 0 Å². The molecule has 0 atom stereocenters. The Morgan fingerprint density at radius 2 is 1.78 bits per heavy atom. The predicted molar refractivity (Wildman–Crippen MR) is 106 cm³/mol. The monoisotopic (exact) mass is 378 g/mol. The second-order valence-corrected chi connectivity index (χ2v) is 6.99. The Labute approximate surface area is 160 Å². The number of thiophene rings is 1. The van der Waals surface area contributed by atoms with Gasteiger partial charge in [0.1, 0.15) is 21.2 Å². The maximum Gasteiger partial charge on any atom is 0.353 e. The van der Waals surface area contributed by atoms with E-state index in [-0.39, 0.29) is 5.97 Å². The summed E-state index contributed by atoms with van der Waals surface area (Å²) in [5.74, 6) is 0.861. The van der Waals surface area contributed by atoms with Crippen LogP contribution in [0.2, 0.25) is 0 Å². The van der Waals surface area contributed by atoms with Gasteiger partial charge in [0, 0.05) is 5.39 Å². The number of nitrogens with zero attached hydrogens (tertiary/aromatic N) is 2. The SMILES string of the molecule is CCOc1ccc(OC(=O)c2cc3c(C)nn(-c4ccccc4)c3s2)cc1. The van der Waals surface area contributed by atoms with Crippen molar-refractivity contribution in [3.05, 3.63) is 71.2 Å². The molecule has 0 saturated heterocycles. The van der Waals surface area contributed by atoms with Gasteiger partial charge in [-0.05, 0) is 56.3 Å². The van der Waals surface area contributed by atoms with Crippen LogP contribution in [0.15, 0.2) is 60.7 Å². The number of fused-ring (bicyclic) bond motifs is 1. The van der Waals surface area contributed by atoms with Crippen LogP contribution in [0.25, 0.3) is 15.9 Å². The minimum atomic E-state index is -0.376. The zero-order valence-corrected chi connectivity index (χ0v) is 15.8. The van der Waals surface area contributed by atoms with Crippen LogP contribution in [0.4, 0.5) is 0 Å². The first kappa shape index (κ1) is 17.3. The largest absolute Gasteiger partial charge is 0.494 e. The van der Waals surface area contributed by atoms with Crippen LogP contribution in [-0.2, 0) is 0 Å². The summed E-state index contributed by atoms with van der Waals surface area (Å²) < 4.78 is 12.8. The van der Waals surface area contributed by atoms with Crippen LogP contribution >= 0.6 is 11.3 Å². The van der Waals surface area contributed by atoms with E-state index in [0.717, 1.165) is 27.3 Å². The first-order valence-corrected chi connectivity index (χ1v) is 9.47. The van der Waals surface area contributed by atoms with Crippen LogP contribution in [0.5, 0.6) is 11.5 Å². The molecule has 0 amide bonds. The molecule has 0 spiro atoms. The molecule has 0 fully saturated rings. The molecular weight excluding hydrogens is 360 g/mol. The van der Waals surface area contributed by atoms with E-state index in [0.29, 0.717) is 17.2 Å². The maximum atomic E-state index is 12.6. The second-order valence-electron chi connectivity index (χ2n) is 5.96. The van der Waals surface area contributed by atoms with Gasteiger partial charge >= 0.3 is 5.97 Å². The van der Waals surface area contributed by atoms with Crippen molar-refractivity contribution in [2.24, 2.45) is 0 Å². The van der Waals surface area contributed by atoms with Gasteiger partial charge in [-0.3, -0.25) is 0 Å². The quantitative estimate of drug-likeness (QED) is 0.362. The van der Waals surface area contributed by atoms with Crippen LogP contribution in [0, 0.1) is 6.92 Å². The van der Waals surface area contributed by atoms with Gasteiger partial charge in [0.05, 0.1) is 18.0 Å². The molecule has 0 bridgehead atoms. The maximum absolute atomic E-state index is 12.6. The van der Waals surface area contributed by atoms with E-state index < -0.39 is 0 Å². The number of ether oxygens (including phenoxy) is 2. The fourth-order valence-corrected chi connectivity index (χ4v) is 3.88. The third-order valence-corrected chi connectivity index (χ3v) is 5.18. The minimum absolute atomic E-state index is 0.376. The van der Waals surface area contributed by atoms with Gasteiger partial charge in [-0.1, -0.05) is 18.2 Å². The molecule has 2 heterocycles. The fraction of sp³-hybridized carbons (Fsp3) is 0.143. The Morgan fingerprint density at radius 1 is 1.07 bits per heavy atom. The zero-order chi connectivity index (χ0) is 18.8. The number of benzene rings is 2. The summed E-state index contributed by atoms with van der Waals surface area (Å²) in [5.41, 5.74) is 1.84. The number of hydrogen-bond donors (Lipinski definition) is 0. The molecule has 0 radical (unpaired) electrons. The standard InChI is InChI=1S/C21H18N2O3S/c1-3-25-16-9-11-17(12-10-16)26-21(24)19-13-18-14(2)22-23(20(18)27-19)15-7-5-4-6-8-15/h4-13H,3H2,1-2H3. The first-order chi connectivity index (χ1) is 13.2. The number of carbonyl (C=O) groups excluding carboxylic acids is 1. The Morgan fingerprint density at radius 3 is 2.48 bits per heavy atom. The number of aryl methyl sites for hydroxylation is 1. The topological polar surface area (TPSA) is 53.4 Å². The van der Waals surface area contributed by atoms with Gasteiger partial charge in [0.25, 0.3) is 0 Å². The number of aromatic nitrogens is 2. The lowest BCUT2D eigenvalue weighted by atomic mass is 10.3. The lowest BCUT2D eigenvalue weighted by molar-refractivity contribution is 0.0739. The Hall–Kier alpha value is -3.12. The lowest BCUT2D eigenvalue weighted by Crippen LogP contribution is -2.06. The van der Waals surface area contributed by atoms with Crippen molar-refractivity contribution in [2.75, 3.05) is 6.61 Å². The third-order valence-electron chi connectivity index (χ3n) is 4.09. The van der Waals surface area contributed by atoms with Gasteiger partial charge in [0.2, 0.25) is 0 Å². The smallest absolute Gasteiger partial charge is 0.353 e. The van der Waals surface area contributed by atoms with E-state index in [4.69, 9.17) is 9.47 Å². The lowest BCUT2D eigenvalue weighted by Gasteiger charge is -2.05. The zero-order valence-electron chi connectivity index (χ0n) is 15.0. The predicted octanol–water partition coefficient (Wildman–Crippen LogP) is 5.01. The molecule has 5 nitrogen and oxygen atoms in total. The van der Waals surface area contributed by atoms with Crippen LogP contribution in [0.3, 0.4) is 0 Å². The van der Waals surface area contributed by atoms with Gasteiger partial charge < -0.3 is 9.47 Å². The molecule has 2 aromatic carbocycles. The molecule has 6 heteroatoms. The summed E-state index contributed by atoms with van der Waals surface area (Å²) in [5, 5.41) is 5.55. The van der Waals surface area contributed by atoms with Crippen LogP contribution in [-0.4, -0.2) is 22.4 Å².